The number of ether oxygens (including phenoxy) is 1. The summed E-state index contributed by atoms with van der Waals surface area (Å²) in [7, 11) is -1.43. The van der Waals surface area contributed by atoms with Gasteiger partial charge in [0.2, 0.25) is 10.0 Å². The Morgan fingerprint density at radius 1 is 1.00 bits per heavy atom. The number of rotatable bonds is 8. The van der Waals surface area contributed by atoms with Crippen LogP contribution in [0.15, 0.2) is 69.1 Å². The molecule has 35 heavy (non-hydrogen) atoms. The third-order valence-electron chi connectivity index (χ3n) is 4.94. The third-order valence-corrected chi connectivity index (χ3v) is 6.33. The SMILES string of the molecule is Cn1c(NC(=O)COC(=O)c2cc(S(=O)(=O)NCc3ccccc3)ccc2O)cc(=O)n(C)c1=O. The average molecular weight is 503 g/mol. The molecule has 3 rings (SSSR count). The van der Waals surface area contributed by atoms with Gasteiger partial charge in [0.25, 0.3) is 11.5 Å². The van der Waals surface area contributed by atoms with E-state index in [0.717, 1.165) is 33.4 Å². The van der Waals surface area contributed by atoms with Gasteiger partial charge in [-0.3, -0.25) is 18.7 Å². The number of nitrogens with one attached hydrogen (secondary N) is 2. The van der Waals surface area contributed by atoms with Crippen molar-refractivity contribution in [2.45, 2.75) is 11.4 Å². The van der Waals surface area contributed by atoms with Gasteiger partial charge in [0, 0.05) is 26.7 Å². The maximum absolute atomic E-state index is 12.6. The molecular formula is C22H22N4O8S. The van der Waals surface area contributed by atoms with Gasteiger partial charge in [-0.15, -0.1) is 0 Å². The van der Waals surface area contributed by atoms with Gasteiger partial charge in [-0.05, 0) is 23.8 Å². The Morgan fingerprint density at radius 2 is 1.69 bits per heavy atom. The topological polar surface area (TPSA) is 166 Å². The van der Waals surface area contributed by atoms with Gasteiger partial charge >= 0.3 is 11.7 Å². The van der Waals surface area contributed by atoms with Crippen LogP contribution < -0.4 is 21.3 Å². The lowest BCUT2D eigenvalue weighted by atomic mass is 10.2. The number of carbonyl (C=O) groups excluding carboxylic acids is 2. The first-order valence-electron chi connectivity index (χ1n) is 10.1. The monoisotopic (exact) mass is 502 g/mol. The van der Waals surface area contributed by atoms with E-state index in [0.29, 0.717) is 5.56 Å². The molecule has 0 bridgehead atoms. The molecule has 0 aliphatic carbocycles. The number of amides is 1. The van der Waals surface area contributed by atoms with Crippen molar-refractivity contribution >= 4 is 27.7 Å². The Balaban J connectivity index is 1.68. The Kier molecular flexibility index (Phi) is 7.52. The van der Waals surface area contributed by atoms with Crippen LogP contribution in [0.3, 0.4) is 0 Å². The molecule has 0 fully saturated rings. The molecule has 0 aliphatic heterocycles. The number of sulfonamides is 1. The zero-order valence-corrected chi connectivity index (χ0v) is 19.5. The highest BCUT2D eigenvalue weighted by atomic mass is 32.2. The Bertz CT molecular complexity index is 1490. The molecule has 0 radical (unpaired) electrons. The smallest absolute Gasteiger partial charge is 0.342 e. The van der Waals surface area contributed by atoms with E-state index in [4.69, 9.17) is 4.74 Å². The van der Waals surface area contributed by atoms with Crippen LogP contribution in [-0.4, -0.2) is 41.1 Å². The first-order chi connectivity index (χ1) is 16.5. The molecule has 1 heterocycles. The highest BCUT2D eigenvalue weighted by Gasteiger charge is 2.21. The van der Waals surface area contributed by atoms with E-state index < -0.39 is 51.1 Å². The van der Waals surface area contributed by atoms with Crippen LogP contribution in [0.5, 0.6) is 5.75 Å². The van der Waals surface area contributed by atoms with Crippen LogP contribution >= 0.6 is 0 Å². The Hall–Kier alpha value is -4.23. The van der Waals surface area contributed by atoms with Gasteiger partial charge in [-0.2, -0.15) is 0 Å². The number of aromatic hydroxyl groups is 1. The fraction of sp³-hybridized carbons (Fsp3) is 0.182. The van der Waals surface area contributed by atoms with Crippen LogP contribution in [0.2, 0.25) is 0 Å². The van der Waals surface area contributed by atoms with Gasteiger partial charge < -0.3 is 15.2 Å². The van der Waals surface area contributed by atoms with Crippen molar-refractivity contribution in [1.82, 2.24) is 13.9 Å². The maximum atomic E-state index is 12.6. The van der Waals surface area contributed by atoms with Crippen molar-refractivity contribution in [2.24, 2.45) is 14.1 Å². The summed E-state index contributed by atoms with van der Waals surface area (Å²) in [6, 6.07) is 12.8. The minimum Gasteiger partial charge on any atom is -0.507 e. The van der Waals surface area contributed by atoms with Crippen molar-refractivity contribution in [3.63, 3.8) is 0 Å². The number of esters is 1. The largest absolute Gasteiger partial charge is 0.507 e. The zero-order valence-electron chi connectivity index (χ0n) is 18.7. The second kappa shape index (κ2) is 10.4. The van der Waals surface area contributed by atoms with E-state index >= 15 is 0 Å². The molecule has 1 amide bonds. The summed E-state index contributed by atoms with van der Waals surface area (Å²) in [5.41, 5.74) is -1.08. The molecule has 2 aromatic carbocycles. The molecule has 12 nitrogen and oxygen atoms in total. The van der Waals surface area contributed by atoms with Crippen molar-refractivity contribution in [3.8, 4) is 5.75 Å². The summed E-state index contributed by atoms with van der Waals surface area (Å²) in [6.07, 6.45) is 0. The predicted octanol–water partition coefficient (Wildman–Crippen LogP) is 0.0636. The summed E-state index contributed by atoms with van der Waals surface area (Å²) in [6.45, 7) is -0.819. The number of nitrogens with zero attached hydrogens (tertiary/aromatic N) is 2. The molecule has 0 aliphatic rings. The third kappa shape index (κ3) is 6.02. The van der Waals surface area contributed by atoms with Gasteiger partial charge in [0.1, 0.15) is 17.1 Å². The second-order valence-electron chi connectivity index (χ2n) is 7.38. The van der Waals surface area contributed by atoms with Crippen LogP contribution in [0.4, 0.5) is 5.82 Å². The molecule has 3 aromatic rings. The van der Waals surface area contributed by atoms with E-state index in [-0.39, 0.29) is 17.3 Å². The Labute approximate surface area is 199 Å². The summed E-state index contributed by atoms with van der Waals surface area (Å²) >= 11 is 0. The number of hydrogen-bond donors (Lipinski definition) is 3. The summed E-state index contributed by atoms with van der Waals surface area (Å²) in [5.74, 6) is -2.68. The number of phenolic OH excluding ortho intramolecular Hbond substituents is 1. The molecule has 13 heteroatoms. The molecule has 1 aromatic heterocycles. The fourth-order valence-electron chi connectivity index (χ4n) is 2.94. The molecule has 0 atom stereocenters. The van der Waals surface area contributed by atoms with Crippen molar-refractivity contribution in [2.75, 3.05) is 11.9 Å². The molecule has 0 spiro atoms. The standard InChI is InChI=1S/C22H22N4O8S/c1-25-18(11-20(29)26(2)22(25)31)24-19(28)13-34-21(30)16-10-15(8-9-17(16)27)35(32,33)23-12-14-6-4-3-5-7-14/h3-11,23,27H,12-13H2,1-2H3,(H,24,28). The van der Waals surface area contributed by atoms with Gasteiger partial charge in [-0.1, -0.05) is 30.3 Å². The molecular weight excluding hydrogens is 480 g/mol. The normalized spacial score (nSPS) is 11.1. The number of aromatic nitrogens is 2. The highest BCUT2D eigenvalue weighted by molar-refractivity contribution is 7.89. The summed E-state index contributed by atoms with van der Waals surface area (Å²) in [5, 5.41) is 12.3. The van der Waals surface area contributed by atoms with E-state index in [1.807, 2.05) is 0 Å². The number of hydrogen-bond acceptors (Lipinski definition) is 8. The van der Waals surface area contributed by atoms with Crippen molar-refractivity contribution in [1.29, 1.82) is 0 Å². The number of carbonyl (C=O) groups is 2. The Morgan fingerprint density at radius 3 is 2.37 bits per heavy atom. The van der Waals surface area contributed by atoms with Crippen molar-refractivity contribution in [3.05, 3.63) is 86.6 Å². The van der Waals surface area contributed by atoms with Gasteiger partial charge in [-0.25, -0.2) is 22.7 Å². The number of benzene rings is 2. The summed E-state index contributed by atoms with van der Waals surface area (Å²) in [4.78, 5) is 48.0. The van der Waals surface area contributed by atoms with Gasteiger partial charge in [0.05, 0.1) is 4.90 Å². The van der Waals surface area contributed by atoms with Gasteiger partial charge in [0.15, 0.2) is 6.61 Å². The second-order valence-corrected chi connectivity index (χ2v) is 9.15. The molecule has 0 unspecified atom stereocenters. The lowest BCUT2D eigenvalue weighted by Gasteiger charge is -2.12. The van der Waals surface area contributed by atoms with Crippen LogP contribution in [0.1, 0.15) is 15.9 Å². The van der Waals surface area contributed by atoms with E-state index in [9.17, 15) is 32.7 Å². The first-order valence-corrected chi connectivity index (χ1v) is 11.6. The van der Waals surface area contributed by atoms with E-state index in [2.05, 4.69) is 10.0 Å². The molecule has 3 N–H and O–H groups in total. The minimum atomic E-state index is -4.03. The molecule has 0 saturated heterocycles. The van der Waals surface area contributed by atoms with Crippen molar-refractivity contribution < 1.29 is 27.9 Å². The number of phenols is 1. The van der Waals surface area contributed by atoms with Crippen LogP contribution in [0.25, 0.3) is 0 Å². The fourth-order valence-corrected chi connectivity index (χ4v) is 3.99. The number of anilines is 1. The highest BCUT2D eigenvalue weighted by Crippen LogP contribution is 2.22. The van der Waals surface area contributed by atoms with E-state index in [1.165, 1.54) is 14.1 Å². The van der Waals surface area contributed by atoms with E-state index in [1.54, 1.807) is 30.3 Å². The summed E-state index contributed by atoms with van der Waals surface area (Å²) < 4.78 is 34.3. The first kappa shape index (κ1) is 25.4. The molecule has 0 saturated carbocycles. The lowest BCUT2D eigenvalue weighted by Crippen LogP contribution is -2.38. The predicted molar refractivity (Wildman–Crippen MR) is 124 cm³/mol. The quantitative estimate of drug-likeness (QED) is 0.364. The maximum Gasteiger partial charge on any atom is 0.342 e. The minimum absolute atomic E-state index is 0.00902. The van der Waals surface area contributed by atoms with Crippen LogP contribution in [0, 0.1) is 0 Å². The lowest BCUT2D eigenvalue weighted by molar-refractivity contribution is -0.119. The molecule has 184 valence electrons. The average Bonchev–Trinajstić information content (AvgIpc) is 2.84. The zero-order chi connectivity index (χ0) is 25.8. The van der Waals surface area contributed by atoms with Crippen LogP contribution in [-0.2, 0) is 40.2 Å².